The SMILES string of the molecule is NC(=O)NC1CCN(C(=O)CCC(=O)c2ccccc2)C1. The second-order valence-electron chi connectivity index (χ2n) is 5.12. The predicted molar refractivity (Wildman–Crippen MR) is 77.7 cm³/mol. The van der Waals surface area contributed by atoms with Crippen LogP contribution in [0.5, 0.6) is 0 Å². The second kappa shape index (κ2) is 6.88. The minimum absolute atomic E-state index is 0.0324. The van der Waals surface area contributed by atoms with Crippen molar-refractivity contribution in [3.63, 3.8) is 0 Å². The first-order valence-corrected chi connectivity index (χ1v) is 6.98. The van der Waals surface area contributed by atoms with Crippen LogP contribution in [0.3, 0.4) is 0 Å². The first kappa shape index (κ1) is 15.0. The number of benzene rings is 1. The summed E-state index contributed by atoms with van der Waals surface area (Å²) in [6, 6.07) is 8.28. The van der Waals surface area contributed by atoms with Crippen LogP contribution < -0.4 is 11.1 Å². The van der Waals surface area contributed by atoms with E-state index in [1.807, 2.05) is 6.07 Å². The average molecular weight is 289 g/mol. The molecule has 112 valence electrons. The monoisotopic (exact) mass is 289 g/mol. The Morgan fingerprint density at radius 3 is 2.57 bits per heavy atom. The number of likely N-dealkylation sites (tertiary alicyclic amines) is 1. The smallest absolute Gasteiger partial charge is 0.312 e. The summed E-state index contributed by atoms with van der Waals surface area (Å²) in [6.07, 6.45) is 1.09. The van der Waals surface area contributed by atoms with Crippen LogP contribution in [0, 0.1) is 0 Å². The van der Waals surface area contributed by atoms with E-state index in [-0.39, 0.29) is 30.6 Å². The van der Waals surface area contributed by atoms with Gasteiger partial charge in [0.15, 0.2) is 5.78 Å². The molecular formula is C15H19N3O3. The molecule has 0 aromatic heterocycles. The van der Waals surface area contributed by atoms with Gasteiger partial charge in [0.2, 0.25) is 5.91 Å². The number of nitrogens with one attached hydrogen (secondary N) is 1. The molecule has 1 aromatic rings. The number of hydrogen-bond acceptors (Lipinski definition) is 3. The zero-order valence-corrected chi connectivity index (χ0v) is 11.7. The molecule has 2 rings (SSSR count). The van der Waals surface area contributed by atoms with Crippen molar-refractivity contribution >= 4 is 17.7 Å². The molecule has 1 unspecified atom stereocenters. The minimum atomic E-state index is -0.575. The Morgan fingerprint density at radius 1 is 1.19 bits per heavy atom. The number of nitrogens with zero attached hydrogens (tertiary/aromatic N) is 1. The number of ketones is 1. The van der Waals surface area contributed by atoms with E-state index < -0.39 is 6.03 Å². The van der Waals surface area contributed by atoms with Crippen molar-refractivity contribution in [2.24, 2.45) is 5.73 Å². The van der Waals surface area contributed by atoms with E-state index in [4.69, 9.17) is 5.73 Å². The molecule has 0 spiro atoms. The topological polar surface area (TPSA) is 92.5 Å². The van der Waals surface area contributed by atoms with Crippen molar-refractivity contribution in [1.82, 2.24) is 10.2 Å². The second-order valence-corrected chi connectivity index (χ2v) is 5.12. The van der Waals surface area contributed by atoms with Gasteiger partial charge < -0.3 is 16.0 Å². The van der Waals surface area contributed by atoms with E-state index in [1.165, 1.54) is 0 Å². The van der Waals surface area contributed by atoms with Crippen LogP contribution in [0.4, 0.5) is 4.79 Å². The number of hydrogen-bond donors (Lipinski definition) is 2. The lowest BCUT2D eigenvalue weighted by atomic mass is 10.1. The summed E-state index contributed by atoms with van der Waals surface area (Å²) in [5.41, 5.74) is 5.68. The molecule has 21 heavy (non-hydrogen) atoms. The lowest BCUT2D eigenvalue weighted by Crippen LogP contribution is -2.41. The lowest BCUT2D eigenvalue weighted by Gasteiger charge is -2.16. The molecule has 1 heterocycles. The molecule has 6 nitrogen and oxygen atoms in total. The lowest BCUT2D eigenvalue weighted by molar-refractivity contribution is -0.130. The predicted octanol–water partition coefficient (Wildman–Crippen LogP) is 0.919. The maximum atomic E-state index is 12.0. The standard InChI is InChI=1S/C15H19N3O3/c16-15(21)17-12-8-9-18(10-12)14(20)7-6-13(19)11-4-2-1-3-5-11/h1-5,12H,6-10H2,(H3,16,17,21). The fourth-order valence-corrected chi connectivity index (χ4v) is 2.45. The third-order valence-electron chi connectivity index (χ3n) is 3.55. The quantitative estimate of drug-likeness (QED) is 0.789. The van der Waals surface area contributed by atoms with Gasteiger partial charge in [-0.2, -0.15) is 0 Å². The van der Waals surface area contributed by atoms with E-state index in [2.05, 4.69) is 5.32 Å². The van der Waals surface area contributed by atoms with Gasteiger partial charge in [-0.3, -0.25) is 9.59 Å². The number of carbonyl (C=O) groups excluding carboxylic acids is 3. The highest BCUT2D eigenvalue weighted by Gasteiger charge is 2.26. The molecule has 0 aliphatic carbocycles. The zero-order valence-electron chi connectivity index (χ0n) is 11.7. The van der Waals surface area contributed by atoms with Gasteiger partial charge in [0.05, 0.1) is 0 Å². The van der Waals surface area contributed by atoms with E-state index in [9.17, 15) is 14.4 Å². The summed E-state index contributed by atoms with van der Waals surface area (Å²) in [7, 11) is 0. The summed E-state index contributed by atoms with van der Waals surface area (Å²) in [5, 5.41) is 2.60. The van der Waals surface area contributed by atoms with Crippen LogP contribution in [0.1, 0.15) is 29.6 Å². The van der Waals surface area contributed by atoms with Crippen molar-refractivity contribution < 1.29 is 14.4 Å². The first-order valence-electron chi connectivity index (χ1n) is 6.98. The van der Waals surface area contributed by atoms with Crippen LogP contribution in [-0.2, 0) is 4.79 Å². The zero-order chi connectivity index (χ0) is 15.2. The molecule has 1 aliphatic heterocycles. The normalized spacial score (nSPS) is 17.5. The Morgan fingerprint density at radius 2 is 1.90 bits per heavy atom. The molecule has 3 N–H and O–H groups in total. The summed E-state index contributed by atoms with van der Waals surface area (Å²) in [4.78, 5) is 36.4. The van der Waals surface area contributed by atoms with Gasteiger partial charge in [0, 0.05) is 37.5 Å². The number of rotatable bonds is 5. The number of urea groups is 1. The fourth-order valence-electron chi connectivity index (χ4n) is 2.45. The third-order valence-corrected chi connectivity index (χ3v) is 3.55. The maximum Gasteiger partial charge on any atom is 0.312 e. The Kier molecular flexibility index (Phi) is 4.92. The molecule has 0 radical (unpaired) electrons. The minimum Gasteiger partial charge on any atom is -0.352 e. The number of nitrogens with two attached hydrogens (primary N) is 1. The van der Waals surface area contributed by atoms with Gasteiger partial charge >= 0.3 is 6.03 Å². The van der Waals surface area contributed by atoms with Gasteiger partial charge in [0.25, 0.3) is 0 Å². The molecule has 1 aromatic carbocycles. The van der Waals surface area contributed by atoms with Gasteiger partial charge in [0.1, 0.15) is 0 Å². The Hall–Kier alpha value is -2.37. The fraction of sp³-hybridized carbons (Fsp3) is 0.400. The summed E-state index contributed by atoms with van der Waals surface area (Å²) >= 11 is 0. The molecule has 1 aliphatic rings. The number of Topliss-reactive ketones (excluding diaryl/α,β-unsaturated/α-hetero) is 1. The average Bonchev–Trinajstić information content (AvgIpc) is 2.93. The maximum absolute atomic E-state index is 12.0. The van der Waals surface area contributed by atoms with E-state index in [1.54, 1.807) is 29.2 Å². The summed E-state index contributed by atoms with van der Waals surface area (Å²) < 4.78 is 0. The van der Waals surface area contributed by atoms with Crippen molar-refractivity contribution in [3.8, 4) is 0 Å². The van der Waals surface area contributed by atoms with E-state index in [0.717, 1.165) is 0 Å². The van der Waals surface area contributed by atoms with Crippen molar-refractivity contribution in [2.45, 2.75) is 25.3 Å². The largest absolute Gasteiger partial charge is 0.352 e. The van der Waals surface area contributed by atoms with Crippen LogP contribution in [0.2, 0.25) is 0 Å². The van der Waals surface area contributed by atoms with Gasteiger partial charge in [-0.25, -0.2) is 4.79 Å². The third kappa shape index (κ3) is 4.30. The molecule has 1 fully saturated rings. The number of amides is 3. The van der Waals surface area contributed by atoms with E-state index in [0.29, 0.717) is 25.1 Å². The molecular weight excluding hydrogens is 270 g/mol. The van der Waals surface area contributed by atoms with Gasteiger partial charge in [-0.05, 0) is 6.42 Å². The van der Waals surface area contributed by atoms with E-state index >= 15 is 0 Å². The van der Waals surface area contributed by atoms with Crippen molar-refractivity contribution in [2.75, 3.05) is 13.1 Å². The summed E-state index contributed by atoms with van der Waals surface area (Å²) in [5.74, 6) is -0.0944. The van der Waals surface area contributed by atoms with Crippen LogP contribution >= 0.6 is 0 Å². The van der Waals surface area contributed by atoms with Crippen molar-refractivity contribution in [3.05, 3.63) is 35.9 Å². The van der Waals surface area contributed by atoms with Crippen molar-refractivity contribution in [1.29, 1.82) is 0 Å². The Balaban J connectivity index is 1.78. The molecule has 0 saturated carbocycles. The Bertz CT molecular complexity index is 530. The highest BCUT2D eigenvalue weighted by molar-refractivity contribution is 5.97. The molecule has 1 atom stereocenters. The highest BCUT2D eigenvalue weighted by atomic mass is 16.2. The first-order chi connectivity index (χ1) is 10.1. The number of carbonyl (C=O) groups is 3. The Labute approximate surface area is 123 Å². The van der Waals surface area contributed by atoms with Crippen LogP contribution in [0.15, 0.2) is 30.3 Å². The van der Waals surface area contributed by atoms with Gasteiger partial charge in [-0.1, -0.05) is 30.3 Å². The van der Waals surface area contributed by atoms with Crippen LogP contribution in [-0.4, -0.2) is 41.8 Å². The van der Waals surface area contributed by atoms with Gasteiger partial charge in [-0.15, -0.1) is 0 Å². The number of primary amides is 1. The molecule has 6 heteroatoms. The molecule has 0 bridgehead atoms. The van der Waals surface area contributed by atoms with Crippen LogP contribution in [0.25, 0.3) is 0 Å². The molecule has 3 amide bonds. The highest BCUT2D eigenvalue weighted by Crippen LogP contribution is 2.12. The summed E-state index contributed by atoms with van der Waals surface area (Å²) in [6.45, 7) is 1.05. The molecule has 1 saturated heterocycles.